The molecule has 0 saturated carbocycles. The van der Waals surface area contributed by atoms with E-state index in [0.717, 1.165) is 58.2 Å². The van der Waals surface area contributed by atoms with Crippen LogP contribution in [0, 0.1) is 0 Å². The van der Waals surface area contributed by atoms with Gasteiger partial charge in [0.25, 0.3) is 0 Å². The lowest BCUT2D eigenvalue weighted by Gasteiger charge is -2.34. The predicted molar refractivity (Wildman–Crippen MR) is 96.5 cm³/mol. The summed E-state index contributed by atoms with van der Waals surface area (Å²) in [6, 6.07) is 10.5. The first kappa shape index (κ1) is 22.9. The summed E-state index contributed by atoms with van der Waals surface area (Å²) in [4.78, 5) is 12.7. The van der Waals surface area contributed by atoms with Crippen LogP contribution in [-0.4, -0.2) is 36.8 Å². The second kappa shape index (κ2) is 13.3. The molecule has 3 nitrogen and oxygen atoms in total. The Morgan fingerprint density at radius 1 is 0.917 bits per heavy atom. The number of amides is 1. The van der Waals surface area contributed by atoms with E-state index < -0.39 is 0 Å². The summed E-state index contributed by atoms with van der Waals surface area (Å²) in [7, 11) is 0. The van der Waals surface area contributed by atoms with Gasteiger partial charge in [-0.25, -0.2) is 4.48 Å². The highest BCUT2D eigenvalue weighted by molar-refractivity contribution is 5.59. The largest absolute Gasteiger partial charge is 1.00 e. The Morgan fingerprint density at radius 2 is 1.46 bits per heavy atom. The summed E-state index contributed by atoms with van der Waals surface area (Å²) < 4.78 is 5.94. The van der Waals surface area contributed by atoms with Crippen LogP contribution >= 0.6 is 0 Å². The Balaban J connectivity index is 0.00000529. The number of unbranched alkanes of at least 4 members (excludes halogenated alkanes) is 2. The van der Waals surface area contributed by atoms with E-state index in [1.807, 2.05) is 13.0 Å². The SMILES string of the molecule is CCCC[N+](CCCC)(CCCc1ccccc1)C(=O)OCC.[Cl-]. The molecule has 0 heterocycles. The van der Waals surface area contributed by atoms with E-state index in [0.29, 0.717) is 11.1 Å². The molecule has 0 atom stereocenters. The predicted octanol–water partition coefficient (Wildman–Crippen LogP) is 2.20. The number of quaternary nitrogens is 1. The Morgan fingerprint density at radius 3 is 1.96 bits per heavy atom. The number of aryl methyl sites for hydroxylation is 1. The molecule has 4 heteroatoms. The van der Waals surface area contributed by atoms with Crippen LogP contribution in [0.3, 0.4) is 0 Å². The summed E-state index contributed by atoms with van der Waals surface area (Å²) >= 11 is 0. The van der Waals surface area contributed by atoms with Gasteiger partial charge in [0.05, 0.1) is 26.2 Å². The maximum absolute atomic E-state index is 12.7. The molecule has 0 aliphatic carbocycles. The smallest absolute Gasteiger partial charge is 0.516 e. The minimum absolute atomic E-state index is 0. The first-order valence-corrected chi connectivity index (χ1v) is 9.25. The summed E-state index contributed by atoms with van der Waals surface area (Å²) in [5, 5.41) is 0. The maximum atomic E-state index is 12.7. The molecule has 0 bridgehead atoms. The van der Waals surface area contributed by atoms with Crippen molar-refractivity contribution in [2.24, 2.45) is 0 Å². The molecule has 0 unspecified atom stereocenters. The number of halogens is 1. The molecule has 0 saturated heterocycles. The minimum Gasteiger partial charge on any atom is -1.00 e. The van der Waals surface area contributed by atoms with Crippen LogP contribution in [0.25, 0.3) is 0 Å². The topological polar surface area (TPSA) is 26.3 Å². The maximum Gasteiger partial charge on any atom is 0.516 e. The zero-order chi connectivity index (χ0) is 17.0. The average molecular weight is 356 g/mol. The van der Waals surface area contributed by atoms with Gasteiger partial charge in [-0.3, -0.25) is 0 Å². The lowest BCUT2D eigenvalue weighted by Crippen LogP contribution is -3.00. The molecule has 1 rings (SSSR count). The molecule has 0 aromatic heterocycles. The summed E-state index contributed by atoms with van der Waals surface area (Å²) in [6.45, 7) is 9.43. The lowest BCUT2D eigenvalue weighted by molar-refractivity contribution is -0.858. The van der Waals surface area contributed by atoms with Gasteiger partial charge in [-0.15, -0.1) is 0 Å². The third-order valence-corrected chi connectivity index (χ3v) is 4.43. The van der Waals surface area contributed by atoms with Crippen molar-refractivity contribution >= 4 is 6.09 Å². The van der Waals surface area contributed by atoms with Crippen LogP contribution < -0.4 is 12.4 Å². The molecule has 0 N–H and O–H groups in total. The molecule has 24 heavy (non-hydrogen) atoms. The molecule has 1 amide bonds. The van der Waals surface area contributed by atoms with Gasteiger partial charge in [0.1, 0.15) is 0 Å². The number of benzene rings is 1. The van der Waals surface area contributed by atoms with Crippen molar-refractivity contribution in [1.82, 2.24) is 0 Å². The number of ether oxygens (including phenoxy) is 1. The highest BCUT2D eigenvalue weighted by Gasteiger charge is 2.36. The standard InChI is InChI=1S/C20H34NO2.ClH/c1-4-7-16-21(17-8-5-2,20(22)23-6-3)18-12-15-19-13-10-9-11-14-19;/h9-11,13-14H,4-8,12,15-18H2,1-3H3;1H/q+1;/p-1. The number of carbonyl (C=O) groups is 1. The highest BCUT2D eigenvalue weighted by atomic mass is 35.5. The first-order chi connectivity index (χ1) is 11.2. The van der Waals surface area contributed by atoms with E-state index in [1.165, 1.54) is 5.56 Å². The second-order valence-corrected chi connectivity index (χ2v) is 6.31. The number of hydrogen-bond acceptors (Lipinski definition) is 2. The van der Waals surface area contributed by atoms with E-state index in [1.54, 1.807) is 0 Å². The van der Waals surface area contributed by atoms with Gasteiger partial charge in [-0.1, -0.05) is 57.0 Å². The van der Waals surface area contributed by atoms with Gasteiger partial charge >= 0.3 is 6.09 Å². The number of nitrogens with zero attached hydrogens (tertiary/aromatic N) is 1. The fourth-order valence-corrected chi connectivity index (χ4v) is 3.02. The molecule has 1 aromatic rings. The van der Waals surface area contributed by atoms with Crippen LogP contribution in [0.4, 0.5) is 4.79 Å². The van der Waals surface area contributed by atoms with Crippen LogP contribution in [0.15, 0.2) is 30.3 Å². The van der Waals surface area contributed by atoms with Crippen molar-refractivity contribution in [3.8, 4) is 0 Å². The second-order valence-electron chi connectivity index (χ2n) is 6.31. The highest BCUT2D eigenvalue weighted by Crippen LogP contribution is 2.18. The Kier molecular flexibility index (Phi) is 12.7. The van der Waals surface area contributed by atoms with Gasteiger partial charge < -0.3 is 17.1 Å². The van der Waals surface area contributed by atoms with Crippen LogP contribution in [0.5, 0.6) is 0 Å². The molecular weight excluding hydrogens is 322 g/mol. The van der Waals surface area contributed by atoms with E-state index in [9.17, 15) is 4.79 Å². The van der Waals surface area contributed by atoms with Crippen molar-refractivity contribution in [3.63, 3.8) is 0 Å². The molecule has 0 fully saturated rings. The minimum atomic E-state index is -0.0255. The van der Waals surface area contributed by atoms with Crippen LogP contribution in [0.2, 0.25) is 0 Å². The fourth-order valence-electron chi connectivity index (χ4n) is 3.02. The average Bonchev–Trinajstić information content (AvgIpc) is 2.58. The third-order valence-electron chi connectivity index (χ3n) is 4.43. The molecule has 138 valence electrons. The van der Waals surface area contributed by atoms with Crippen molar-refractivity contribution in [2.75, 3.05) is 26.2 Å². The molecule has 1 aromatic carbocycles. The van der Waals surface area contributed by atoms with E-state index in [2.05, 4.69) is 38.1 Å². The van der Waals surface area contributed by atoms with Gasteiger partial charge in [-0.2, -0.15) is 4.79 Å². The zero-order valence-corrected chi connectivity index (χ0v) is 16.4. The molecule has 0 spiro atoms. The first-order valence-electron chi connectivity index (χ1n) is 9.25. The van der Waals surface area contributed by atoms with Gasteiger partial charge in [0.15, 0.2) is 0 Å². The summed E-state index contributed by atoms with van der Waals surface area (Å²) in [5.74, 6) is 0. The monoisotopic (exact) mass is 355 g/mol. The van der Waals surface area contributed by atoms with Crippen molar-refractivity contribution < 1.29 is 26.4 Å². The van der Waals surface area contributed by atoms with Crippen molar-refractivity contribution in [2.45, 2.75) is 59.3 Å². The molecule has 0 aliphatic heterocycles. The van der Waals surface area contributed by atoms with Crippen LogP contribution in [-0.2, 0) is 11.2 Å². The Labute approximate surface area is 154 Å². The number of hydrogen-bond donors (Lipinski definition) is 0. The Hall–Kier alpha value is -1.06. The number of carbonyl (C=O) groups excluding carboxylic acids is 1. The number of rotatable bonds is 11. The quantitative estimate of drug-likeness (QED) is 0.569. The van der Waals surface area contributed by atoms with Crippen LogP contribution in [0.1, 0.15) is 58.4 Å². The van der Waals surface area contributed by atoms with Gasteiger partial charge in [0.2, 0.25) is 0 Å². The normalized spacial score (nSPS) is 11.0. The van der Waals surface area contributed by atoms with E-state index >= 15 is 0 Å². The van der Waals surface area contributed by atoms with Crippen molar-refractivity contribution in [3.05, 3.63) is 35.9 Å². The Bertz CT molecular complexity index is 429. The summed E-state index contributed by atoms with van der Waals surface area (Å²) in [5.41, 5.74) is 1.35. The summed E-state index contributed by atoms with van der Waals surface area (Å²) in [6.07, 6.45) is 6.41. The molecular formula is C20H34ClNO2. The van der Waals surface area contributed by atoms with Gasteiger partial charge in [-0.05, 0) is 31.7 Å². The molecule has 0 radical (unpaired) electrons. The van der Waals surface area contributed by atoms with E-state index in [-0.39, 0.29) is 18.5 Å². The lowest BCUT2D eigenvalue weighted by atomic mass is 10.1. The molecule has 0 aliphatic rings. The third kappa shape index (κ3) is 7.67. The van der Waals surface area contributed by atoms with Gasteiger partial charge in [0, 0.05) is 6.42 Å². The zero-order valence-electron chi connectivity index (χ0n) is 15.6. The van der Waals surface area contributed by atoms with E-state index in [4.69, 9.17) is 4.74 Å². The van der Waals surface area contributed by atoms with Crippen molar-refractivity contribution in [1.29, 1.82) is 0 Å². The fraction of sp³-hybridized carbons (Fsp3) is 0.650.